The number of rotatable bonds is 4. The molecule has 1 aliphatic rings. The van der Waals surface area contributed by atoms with Crippen LogP contribution in [0.3, 0.4) is 0 Å². The summed E-state index contributed by atoms with van der Waals surface area (Å²) < 4.78 is 0. The second kappa shape index (κ2) is 3.88. The smallest absolute Gasteiger partial charge is 0.291 e. The van der Waals surface area contributed by atoms with Gasteiger partial charge in [-0.15, -0.1) is 5.10 Å². The molecule has 1 amide bonds. The highest BCUT2D eigenvalue weighted by atomic mass is 16.2. The van der Waals surface area contributed by atoms with Crippen molar-refractivity contribution in [3.8, 4) is 0 Å². The van der Waals surface area contributed by atoms with Gasteiger partial charge in [-0.25, -0.2) is 0 Å². The summed E-state index contributed by atoms with van der Waals surface area (Å²) in [7, 11) is 0. The van der Waals surface area contributed by atoms with Crippen LogP contribution >= 0.6 is 0 Å². The van der Waals surface area contributed by atoms with Crippen molar-refractivity contribution < 1.29 is 4.79 Å². The zero-order chi connectivity index (χ0) is 10.8. The van der Waals surface area contributed by atoms with Crippen molar-refractivity contribution in [3.63, 3.8) is 0 Å². The maximum absolute atomic E-state index is 12.0. The maximum Gasteiger partial charge on any atom is 0.291 e. The Kier molecular flexibility index (Phi) is 2.57. The van der Waals surface area contributed by atoms with Crippen molar-refractivity contribution in [2.45, 2.75) is 32.2 Å². The second-order valence-corrected chi connectivity index (χ2v) is 3.77. The first-order valence-electron chi connectivity index (χ1n) is 5.21. The first kappa shape index (κ1) is 9.95. The molecule has 1 heterocycles. The molecule has 0 aromatic carbocycles. The summed E-state index contributed by atoms with van der Waals surface area (Å²) in [5.41, 5.74) is 5.36. The molecular weight excluding hydrogens is 194 g/mol. The van der Waals surface area contributed by atoms with E-state index >= 15 is 0 Å². The molecule has 2 rings (SSSR count). The number of nitrogen functional groups attached to an aromatic ring is 1. The molecule has 1 aromatic rings. The first-order valence-corrected chi connectivity index (χ1v) is 5.21. The van der Waals surface area contributed by atoms with Gasteiger partial charge in [0.2, 0.25) is 11.8 Å². The van der Waals surface area contributed by atoms with Gasteiger partial charge in [-0.3, -0.25) is 9.89 Å². The summed E-state index contributed by atoms with van der Waals surface area (Å²) in [6.07, 6.45) is 3.14. The van der Waals surface area contributed by atoms with Gasteiger partial charge in [0.1, 0.15) is 0 Å². The maximum atomic E-state index is 12.0. The minimum atomic E-state index is -0.0939. The van der Waals surface area contributed by atoms with Gasteiger partial charge in [-0.2, -0.15) is 4.98 Å². The van der Waals surface area contributed by atoms with Crippen LogP contribution in [0.15, 0.2) is 0 Å². The summed E-state index contributed by atoms with van der Waals surface area (Å²) in [5.74, 6) is 0.266. The van der Waals surface area contributed by atoms with Gasteiger partial charge in [0.05, 0.1) is 0 Å². The van der Waals surface area contributed by atoms with Gasteiger partial charge in [0.15, 0.2) is 0 Å². The zero-order valence-corrected chi connectivity index (χ0v) is 8.73. The quantitative estimate of drug-likeness (QED) is 0.751. The van der Waals surface area contributed by atoms with Crippen LogP contribution in [0.1, 0.15) is 36.8 Å². The standard InChI is InChI=1S/C9H15N5O/c1-2-5-14(6-3-4-6)8(15)7-11-9(10)13-12-7/h6H,2-5H2,1H3,(H3,10,11,12,13). The number of nitrogens with two attached hydrogens (primary N) is 1. The number of H-pyrrole nitrogens is 1. The largest absolute Gasteiger partial charge is 0.366 e. The minimum Gasteiger partial charge on any atom is -0.366 e. The second-order valence-electron chi connectivity index (χ2n) is 3.77. The number of carbonyl (C=O) groups is 1. The summed E-state index contributed by atoms with van der Waals surface area (Å²) in [6, 6.07) is 0.392. The van der Waals surface area contributed by atoms with Crippen LogP contribution in [0.5, 0.6) is 0 Å². The molecule has 1 fully saturated rings. The van der Waals surface area contributed by atoms with Gasteiger partial charge in [0.25, 0.3) is 5.91 Å². The van der Waals surface area contributed by atoms with Gasteiger partial charge in [-0.1, -0.05) is 6.92 Å². The lowest BCUT2D eigenvalue weighted by Crippen LogP contribution is -2.34. The van der Waals surface area contributed by atoms with Crippen LogP contribution in [0.4, 0.5) is 5.95 Å². The Balaban J connectivity index is 2.10. The van der Waals surface area contributed by atoms with Crippen molar-refractivity contribution in [1.29, 1.82) is 0 Å². The lowest BCUT2D eigenvalue weighted by atomic mass is 10.3. The molecule has 0 atom stereocenters. The number of carbonyl (C=O) groups excluding carboxylic acids is 1. The minimum absolute atomic E-state index is 0.0939. The highest BCUT2D eigenvalue weighted by Crippen LogP contribution is 2.27. The van der Waals surface area contributed by atoms with Crippen LogP contribution in [0.2, 0.25) is 0 Å². The Morgan fingerprint density at radius 2 is 2.40 bits per heavy atom. The number of nitrogens with one attached hydrogen (secondary N) is 1. The molecule has 0 saturated heterocycles. The SMILES string of the molecule is CCCN(C(=O)c1nc(N)n[nH]1)C1CC1. The third kappa shape index (κ3) is 2.08. The third-order valence-corrected chi connectivity index (χ3v) is 2.42. The van der Waals surface area contributed by atoms with Crippen LogP contribution in [0.25, 0.3) is 0 Å². The fraction of sp³-hybridized carbons (Fsp3) is 0.667. The Morgan fingerprint density at radius 3 is 2.87 bits per heavy atom. The van der Waals surface area contributed by atoms with E-state index in [4.69, 9.17) is 5.73 Å². The van der Waals surface area contributed by atoms with E-state index in [0.29, 0.717) is 6.04 Å². The molecule has 0 radical (unpaired) electrons. The van der Waals surface area contributed by atoms with Crippen LogP contribution in [-0.4, -0.2) is 38.6 Å². The molecule has 15 heavy (non-hydrogen) atoms. The molecule has 3 N–H and O–H groups in total. The Bertz CT molecular complexity index is 357. The molecule has 6 heteroatoms. The van der Waals surface area contributed by atoms with Gasteiger partial charge >= 0.3 is 0 Å². The van der Waals surface area contributed by atoms with Crippen molar-refractivity contribution >= 4 is 11.9 Å². The third-order valence-electron chi connectivity index (χ3n) is 2.42. The Labute approximate surface area is 87.9 Å². The van der Waals surface area contributed by atoms with Crippen molar-refractivity contribution in [2.24, 2.45) is 0 Å². The number of hydrogen-bond donors (Lipinski definition) is 2. The summed E-state index contributed by atoms with van der Waals surface area (Å²) in [4.78, 5) is 17.7. The topological polar surface area (TPSA) is 87.9 Å². The lowest BCUT2D eigenvalue weighted by molar-refractivity contribution is 0.0731. The molecule has 0 unspecified atom stereocenters. The molecule has 0 bridgehead atoms. The van der Waals surface area contributed by atoms with E-state index in [0.717, 1.165) is 25.8 Å². The predicted molar refractivity (Wildman–Crippen MR) is 55.1 cm³/mol. The van der Waals surface area contributed by atoms with E-state index in [1.165, 1.54) is 0 Å². The molecule has 1 saturated carbocycles. The number of aromatic amines is 1. The summed E-state index contributed by atoms with van der Waals surface area (Å²) >= 11 is 0. The number of amides is 1. The van der Waals surface area contributed by atoms with Crippen molar-refractivity contribution in [2.75, 3.05) is 12.3 Å². The highest BCUT2D eigenvalue weighted by Gasteiger charge is 2.33. The van der Waals surface area contributed by atoms with Crippen molar-refractivity contribution in [1.82, 2.24) is 20.1 Å². The Morgan fingerprint density at radius 1 is 1.67 bits per heavy atom. The Hall–Kier alpha value is -1.59. The summed E-state index contributed by atoms with van der Waals surface area (Å²) in [6.45, 7) is 2.82. The van der Waals surface area contributed by atoms with E-state index in [1.54, 1.807) is 0 Å². The van der Waals surface area contributed by atoms with E-state index in [1.807, 2.05) is 4.90 Å². The van der Waals surface area contributed by atoms with Crippen LogP contribution < -0.4 is 5.73 Å². The lowest BCUT2D eigenvalue weighted by Gasteiger charge is -2.19. The van der Waals surface area contributed by atoms with E-state index in [9.17, 15) is 4.79 Å². The van der Waals surface area contributed by atoms with Crippen LogP contribution in [-0.2, 0) is 0 Å². The molecule has 0 aliphatic heterocycles. The average Bonchev–Trinajstić information content (AvgIpc) is 2.96. The van der Waals surface area contributed by atoms with Crippen molar-refractivity contribution in [3.05, 3.63) is 5.82 Å². The monoisotopic (exact) mass is 209 g/mol. The molecule has 1 aliphatic carbocycles. The van der Waals surface area contributed by atoms with Crippen LogP contribution in [0, 0.1) is 0 Å². The fourth-order valence-corrected chi connectivity index (χ4v) is 1.58. The average molecular weight is 209 g/mol. The van der Waals surface area contributed by atoms with Gasteiger partial charge in [0, 0.05) is 12.6 Å². The molecule has 6 nitrogen and oxygen atoms in total. The normalized spacial score (nSPS) is 15.3. The van der Waals surface area contributed by atoms with E-state index in [2.05, 4.69) is 22.1 Å². The molecule has 1 aromatic heterocycles. The molecule has 0 spiro atoms. The van der Waals surface area contributed by atoms with E-state index < -0.39 is 0 Å². The number of aromatic nitrogens is 3. The summed E-state index contributed by atoms with van der Waals surface area (Å²) in [5, 5.41) is 6.20. The highest BCUT2D eigenvalue weighted by molar-refractivity contribution is 5.91. The zero-order valence-electron chi connectivity index (χ0n) is 8.73. The number of anilines is 1. The number of hydrogen-bond acceptors (Lipinski definition) is 4. The predicted octanol–water partition coefficient (Wildman–Crippen LogP) is 0.401. The number of nitrogens with zero attached hydrogens (tertiary/aromatic N) is 3. The molecule has 82 valence electrons. The van der Waals surface area contributed by atoms with Gasteiger partial charge < -0.3 is 10.6 Å². The molecular formula is C9H15N5O. The van der Waals surface area contributed by atoms with Gasteiger partial charge in [-0.05, 0) is 19.3 Å². The van der Waals surface area contributed by atoms with E-state index in [-0.39, 0.29) is 17.7 Å². The fourth-order valence-electron chi connectivity index (χ4n) is 1.58. The first-order chi connectivity index (χ1) is 7.22.